The minimum Gasteiger partial charge on any atom is -0.466 e. The molecule has 1 aromatic rings. The highest BCUT2D eigenvalue weighted by Gasteiger charge is 2.03. The molecule has 0 unspecified atom stereocenters. The zero-order valence-corrected chi connectivity index (χ0v) is 8.15. The number of nitrogen functional groups attached to an aromatic ring is 1. The lowest BCUT2D eigenvalue weighted by Gasteiger charge is -1.99. The van der Waals surface area contributed by atoms with Gasteiger partial charge in [0.05, 0.1) is 12.7 Å². The summed E-state index contributed by atoms with van der Waals surface area (Å²) in [4.78, 5) is 18.2. The SMILES string of the molecule is COC(=O)C=Cc1c(N)ncnc1Cl. The van der Waals surface area contributed by atoms with Crippen LogP contribution in [0.15, 0.2) is 12.4 Å². The molecule has 0 aliphatic carbocycles. The highest BCUT2D eigenvalue weighted by Crippen LogP contribution is 2.18. The molecule has 0 radical (unpaired) electrons. The maximum Gasteiger partial charge on any atom is 0.330 e. The van der Waals surface area contributed by atoms with E-state index in [0.29, 0.717) is 5.56 Å². The first kappa shape index (κ1) is 10.5. The Hall–Kier alpha value is -1.62. The molecule has 0 aliphatic rings. The number of ether oxygens (including phenoxy) is 1. The summed E-state index contributed by atoms with van der Waals surface area (Å²) in [6.07, 6.45) is 3.84. The second-order valence-electron chi connectivity index (χ2n) is 2.32. The second-order valence-corrected chi connectivity index (χ2v) is 2.68. The average molecular weight is 214 g/mol. The zero-order chi connectivity index (χ0) is 10.6. The third-order valence-corrected chi connectivity index (χ3v) is 1.75. The van der Waals surface area contributed by atoms with Crippen molar-refractivity contribution in [3.63, 3.8) is 0 Å². The summed E-state index contributed by atoms with van der Waals surface area (Å²) in [7, 11) is 1.28. The van der Waals surface area contributed by atoms with Gasteiger partial charge in [0.1, 0.15) is 17.3 Å². The van der Waals surface area contributed by atoms with Crippen molar-refractivity contribution >= 4 is 29.5 Å². The fourth-order valence-electron chi connectivity index (χ4n) is 0.760. The third kappa shape index (κ3) is 2.43. The normalized spacial score (nSPS) is 10.4. The number of anilines is 1. The molecule has 0 saturated heterocycles. The van der Waals surface area contributed by atoms with Crippen LogP contribution in [0.1, 0.15) is 5.56 Å². The highest BCUT2D eigenvalue weighted by molar-refractivity contribution is 6.31. The van der Waals surface area contributed by atoms with Gasteiger partial charge in [-0.05, 0) is 6.08 Å². The van der Waals surface area contributed by atoms with Crippen molar-refractivity contribution in [2.75, 3.05) is 12.8 Å². The number of hydrogen-bond donors (Lipinski definition) is 1. The molecule has 0 saturated carbocycles. The molecule has 0 amide bonds. The number of aromatic nitrogens is 2. The van der Waals surface area contributed by atoms with E-state index in [2.05, 4.69) is 14.7 Å². The van der Waals surface area contributed by atoms with Crippen LogP contribution in [-0.2, 0) is 9.53 Å². The molecular weight excluding hydrogens is 206 g/mol. The fraction of sp³-hybridized carbons (Fsp3) is 0.125. The highest BCUT2D eigenvalue weighted by atomic mass is 35.5. The van der Waals surface area contributed by atoms with Crippen molar-refractivity contribution in [2.45, 2.75) is 0 Å². The molecule has 74 valence electrons. The third-order valence-electron chi connectivity index (χ3n) is 1.45. The maximum absolute atomic E-state index is 10.8. The Kier molecular flexibility index (Phi) is 3.41. The summed E-state index contributed by atoms with van der Waals surface area (Å²) in [5, 5.41) is 0.192. The maximum atomic E-state index is 10.8. The van der Waals surface area contributed by atoms with E-state index < -0.39 is 5.97 Å². The molecule has 14 heavy (non-hydrogen) atoms. The van der Waals surface area contributed by atoms with Gasteiger partial charge in [0, 0.05) is 6.08 Å². The quantitative estimate of drug-likeness (QED) is 0.449. The Balaban J connectivity index is 2.96. The van der Waals surface area contributed by atoms with Crippen LogP contribution in [0.25, 0.3) is 6.08 Å². The van der Waals surface area contributed by atoms with Crippen molar-refractivity contribution in [1.82, 2.24) is 9.97 Å². The van der Waals surface area contributed by atoms with Crippen molar-refractivity contribution in [1.29, 1.82) is 0 Å². The number of nitrogens with two attached hydrogens (primary N) is 1. The van der Waals surface area contributed by atoms with E-state index >= 15 is 0 Å². The molecule has 2 N–H and O–H groups in total. The van der Waals surface area contributed by atoms with Crippen molar-refractivity contribution in [2.24, 2.45) is 0 Å². The predicted molar refractivity (Wildman–Crippen MR) is 52.5 cm³/mol. The molecule has 0 fully saturated rings. The van der Waals surface area contributed by atoms with Crippen LogP contribution < -0.4 is 5.73 Å². The molecule has 1 rings (SSSR count). The van der Waals surface area contributed by atoms with Gasteiger partial charge in [0.15, 0.2) is 0 Å². The number of rotatable bonds is 2. The van der Waals surface area contributed by atoms with Crippen LogP contribution in [0.2, 0.25) is 5.15 Å². The largest absolute Gasteiger partial charge is 0.466 e. The molecule has 1 heterocycles. The lowest BCUT2D eigenvalue weighted by molar-refractivity contribution is -0.134. The van der Waals surface area contributed by atoms with E-state index in [0.717, 1.165) is 0 Å². The zero-order valence-electron chi connectivity index (χ0n) is 7.40. The van der Waals surface area contributed by atoms with Gasteiger partial charge in [-0.1, -0.05) is 11.6 Å². The minimum atomic E-state index is -0.496. The first-order chi connectivity index (χ1) is 6.65. The smallest absolute Gasteiger partial charge is 0.330 e. The van der Waals surface area contributed by atoms with E-state index in [4.69, 9.17) is 17.3 Å². The Morgan fingerprint density at radius 3 is 2.93 bits per heavy atom. The first-order valence-electron chi connectivity index (χ1n) is 3.67. The molecule has 6 heteroatoms. The Morgan fingerprint density at radius 1 is 1.64 bits per heavy atom. The standard InChI is InChI=1S/C8H8ClN3O2/c1-14-6(13)3-2-5-7(9)11-4-12-8(5)10/h2-4H,1H3,(H2,10,11,12). The number of carbonyl (C=O) groups excluding carboxylic acids is 1. The summed E-state index contributed by atoms with van der Waals surface area (Å²) in [6, 6.07) is 0. The summed E-state index contributed by atoms with van der Waals surface area (Å²) >= 11 is 5.72. The number of nitrogens with zero attached hydrogens (tertiary/aromatic N) is 2. The van der Waals surface area contributed by atoms with Gasteiger partial charge in [-0.15, -0.1) is 0 Å². The summed E-state index contributed by atoms with van der Waals surface area (Å²) in [5.74, 6) is -0.283. The minimum absolute atomic E-state index is 0.192. The van der Waals surface area contributed by atoms with Crippen LogP contribution in [0.4, 0.5) is 5.82 Å². The van der Waals surface area contributed by atoms with Gasteiger partial charge in [-0.2, -0.15) is 0 Å². The average Bonchev–Trinajstić information content (AvgIpc) is 2.16. The van der Waals surface area contributed by atoms with E-state index in [1.165, 1.54) is 25.6 Å². The molecule has 0 spiro atoms. The number of methoxy groups -OCH3 is 1. The fourth-order valence-corrected chi connectivity index (χ4v) is 0.964. The van der Waals surface area contributed by atoms with Crippen LogP contribution in [0.3, 0.4) is 0 Å². The van der Waals surface area contributed by atoms with Crippen LogP contribution in [0.5, 0.6) is 0 Å². The van der Waals surface area contributed by atoms with Gasteiger partial charge in [0.2, 0.25) is 0 Å². The van der Waals surface area contributed by atoms with Gasteiger partial charge in [0.25, 0.3) is 0 Å². The number of esters is 1. The van der Waals surface area contributed by atoms with Gasteiger partial charge in [-0.25, -0.2) is 14.8 Å². The van der Waals surface area contributed by atoms with Crippen molar-refractivity contribution in [3.8, 4) is 0 Å². The Bertz CT molecular complexity index is 359. The van der Waals surface area contributed by atoms with E-state index in [1.54, 1.807) is 0 Å². The van der Waals surface area contributed by atoms with E-state index in [9.17, 15) is 4.79 Å². The molecule has 1 aromatic heterocycles. The molecule has 0 aliphatic heterocycles. The topological polar surface area (TPSA) is 78.1 Å². The molecular formula is C8H8ClN3O2. The van der Waals surface area contributed by atoms with E-state index in [-0.39, 0.29) is 11.0 Å². The lowest BCUT2D eigenvalue weighted by atomic mass is 10.3. The summed E-state index contributed by atoms with van der Waals surface area (Å²) < 4.78 is 4.40. The Labute approximate surface area is 85.6 Å². The summed E-state index contributed by atoms with van der Waals surface area (Å²) in [6.45, 7) is 0. The second kappa shape index (κ2) is 4.57. The molecule has 0 bridgehead atoms. The molecule has 0 atom stereocenters. The molecule has 5 nitrogen and oxygen atoms in total. The number of hydrogen-bond acceptors (Lipinski definition) is 5. The number of carbonyl (C=O) groups is 1. The summed E-state index contributed by atoms with van der Waals surface area (Å²) in [5.41, 5.74) is 5.91. The monoisotopic (exact) mass is 213 g/mol. The van der Waals surface area contributed by atoms with Gasteiger partial charge in [-0.3, -0.25) is 0 Å². The predicted octanol–water partition coefficient (Wildman–Crippen LogP) is 0.898. The first-order valence-corrected chi connectivity index (χ1v) is 4.05. The van der Waals surface area contributed by atoms with Crippen LogP contribution >= 0.6 is 11.6 Å². The number of halogens is 1. The van der Waals surface area contributed by atoms with Crippen molar-refractivity contribution < 1.29 is 9.53 Å². The van der Waals surface area contributed by atoms with Crippen molar-refractivity contribution in [3.05, 3.63) is 23.1 Å². The molecule has 0 aromatic carbocycles. The lowest BCUT2D eigenvalue weighted by Crippen LogP contribution is -1.98. The Morgan fingerprint density at radius 2 is 2.36 bits per heavy atom. The van der Waals surface area contributed by atoms with E-state index in [1.807, 2.05) is 0 Å². The van der Waals surface area contributed by atoms with Gasteiger partial charge >= 0.3 is 5.97 Å². The van der Waals surface area contributed by atoms with Crippen LogP contribution in [-0.4, -0.2) is 23.0 Å². The van der Waals surface area contributed by atoms with Gasteiger partial charge < -0.3 is 10.5 Å². The van der Waals surface area contributed by atoms with Crippen LogP contribution in [0, 0.1) is 0 Å².